The zero-order valence-electron chi connectivity index (χ0n) is 12.1. The zero-order chi connectivity index (χ0) is 13.7. The van der Waals surface area contributed by atoms with Crippen molar-refractivity contribution in [3.05, 3.63) is 6.33 Å². The fraction of sp³-hybridized carbons (Fsp3) is 0.714. The Labute approximate surface area is 115 Å². The van der Waals surface area contributed by atoms with Crippen molar-refractivity contribution in [3.8, 4) is 5.75 Å². The second kappa shape index (κ2) is 6.59. The lowest BCUT2D eigenvalue weighted by Crippen LogP contribution is -2.28. The highest BCUT2D eigenvalue weighted by molar-refractivity contribution is 5.65. The Hall–Kier alpha value is -1.52. The van der Waals surface area contributed by atoms with E-state index in [0.717, 1.165) is 30.5 Å². The van der Waals surface area contributed by atoms with Crippen molar-refractivity contribution in [1.29, 1.82) is 0 Å². The molecule has 1 saturated carbocycles. The number of methoxy groups -OCH3 is 1. The van der Waals surface area contributed by atoms with Gasteiger partial charge in [0.25, 0.3) is 0 Å². The van der Waals surface area contributed by atoms with E-state index in [0.29, 0.717) is 6.04 Å². The number of hydrogen-bond donors (Lipinski definition) is 1. The maximum absolute atomic E-state index is 5.54. The Kier molecular flexibility index (Phi) is 4.82. The van der Waals surface area contributed by atoms with Crippen LogP contribution in [0.1, 0.15) is 39.5 Å². The lowest BCUT2D eigenvalue weighted by Gasteiger charge is -2.25. The van der Waals surface area contributed by atoms with Crippen molar-refractivity contribution >= 4 is 11.6 Å². The first-order valence-corrected chi connectivity index (χ1v) is 7.21. The first-order chi connectivity index (χ1) is 9.31. The van der Waals surface area contributed by atoms with Gasteiger partial charge in [-0.2, -0.15) is 0 Å². The number of nitrogens with zero attached hydrogens (tertiary/aromatic N) is 3. The average Bonchev–Trinajstić information content (AvgIpc) is 3.24. The maximum atomic E-state index is 5.54. The number of aromatic nitrogens is 2. The molecule has 0 unspecified atom stereocenters. The minimum Gasteiger partial charge on any atom is -0.490 e. The zero-order valence-corrected chi connectivity index (χ0v) is 12.1. The lowest BCUT2D eigenvalue weighted by atomic mass is 10.3. The molecule has 0 aliphatic heterocycles. The minimum absolute atomic E-state index is 0.629. The molecule has 1 aromatic rings. The molecule has 0 radical (unpaired) electrons. The van der Waals surface area contributed by atoms with Gasteiger partial charge in [-0.15, -0.1) is 0 Å². The van der Waals surface area contributed by atoms with Crippen LogP contribution in [0, 0.1) is 0 Å². The summed E-state index contributed by atoms with van der Waals surface area (Å²) in [6, 6.07) is 0.629. The van der Waals surface area contributed by atoms with Crippen molar-refractivity contribution in [2.24, 2.45) is 0 Å². The summed E-state index contributed by atoms with van der Waals surface area (Å²) in [5, 5.41) is 3.23. The van der Waals surface area contributed by atoms with Gasteiger partial charge < -0.3 is 15.0 Å². The first kappa shape index (κ1) is 13.9. The average molecular weight is 264 g/mol. The quantitative estimate of drug-likeness (QED) is 0.782. The van der Waals surface area contributed by atoms with Crippen LogP contribution in [0.3, 0.4) is 0 Å². The Morgan fingerprint density at radius 1 is 1.37 bits per heavy atom. The van der Waals surface area contributed by atoms with Crippen LogP contribution in [0.4, 0.5) is 11.6 Å². The molecular weight excluding hydrogens is 240 g/mol. The van der Waals surface area contributed by atoms with Crippen LogP contribution in [0.5, 0.6) is 5.75 Å². The summed E-state index contributed by atoms with van der Waals surface area (Å²) in [6.45, 7) is 6.13. The summed E-state index contributed by atoms with van der Waals surface area (Å²) in [5.41, 5.74) is 0. The lowest BCUT2D eigenvalue weighted by molar-refractivity contribution is 0.411. The molecule has 19 heavy (non-hydrogen) atoms. The SMILES string of the molecule is CCCCN(c1ncnc(NCC)c1OC)C1CC1. The smallest absolute Gasteiger partial charge is 0.204 e. The molecule has 1 aliphatic carbocycles. The number of nitrogens with one attached hydrogen (secondary N) is 1. The monoisotopic (exact) mass is 264 g/mol. The molecule has 0 amide bonds. The summed E-state index contributed by atoms with van der Waals surface area (Å²) in [4.78, 5) is 11.1. The highest BCUT2D eigenvalue weighted by Crippen LogP contribution is 2.38. The molecule has 1 aromatic heterocycles. The normalized spacial score (nSPS) is 14.3. The van der Waals surface area contributed by atoms with E-state index in [1.165, 1.54) is 25.7 Å². The first-order valence-electron chi connectivity index (χ1n) is 7.21. The van der Waals surface area contributed by atoms with E-state index in [9.17, 15) is 0 Å². The van der Waals surface area contributed by atoms with Crippen LogP contribution < -0.4 is 15.0 Å². The van der Waals surface area contributed by atoms with E-state index in [2.05, 4.69) is 34.0 Å². The second-order valence-corrected chi connectivity index (χ2v) is 4.89. The Morgan fingerprint density at radius 2 is 2.16 bits per heavy atom. The number of unbranched alkanes of at least 4 members (excludes halogenated alkanes) is 1. The van der Waals surface area contributed by atoms with Crippen LogP contribution in [-0.4, -0.2) is 36.2 Å². The van der Waals surface area contributed by atoms with Gasteiger partial charge in [-0.1, -0.05) is 13.3 Å². The van der Waals surface area contributed by atoms with Gasteiger partial charge in [0.1, 0.15) is 6.33 Å². The van der Waals surface area contributed by atoms with Gasteiger partial charge in [0.2, 0.25) is 5.75 Å². The van der Waals surface area contributed by atoms with Gasteiger partial charge in [0.05, 0.1) is 7.11 Å². The van der Waals surface area contributed by atoms with Gasteiger partial charge in [-0.05, 0) is 26.2 Å². The molecule has 0 aromatic carbocycles. The molecule has 1 heterocycles. The predicted octanol–water partition coefficient (Wildman–Crippen LogP) is 2.69. The van der Waals surface area contributed by atoms with E-state index in [4.69, 9.17) is 4.74 Å². The van der Waals surface area contributed by atoms with Gasteiger partial charge in [-0.3, -0.25) is 0 Å². The van der Waals surface area contributed by atoms with E-state index in [-0.39, 0.29) is 0 Å². The molecule has 2 rings (SSSR count). The molecule has 0 atom stereocenters. The summed E-state index contributed by atoms with van der Waals surface area (Å²) in [5.74, 6) is 2.49. The van der Waals surface area contributed by atoms with Crippen LogP contribution in [0.2, 0.25) is 0 Å². The number of ether oxygens (including phenoxy) is 1. The Balaban J connectivity index is 2.26. The van der Waals surface area contributed by atoms with Crippen molar-refractivity contribution in [3.63, 3.8) is 0 Å². The van der Waals surface area contributed by atoms with Crippen LogP contribution >= 0.6 is 0 Å². The largest absolute Gasteiger partial charge is 0.490 e. The van der Waals surface area contributed by atoms with Crippen LogP contribution in [0.25, 0.3) is 0 Å². The molecule has 5 heteroatoms. The van der Waals surface area contributed by atoms with Crippen LogP contribution in [-0.2, 0) is 0 Å². The summed E-state index contributed by atoms with van der Waals surface area (Å²) >= 11 is 0. The summed E-state index contributed by atoms with van der Waals surface area (Å²) in [6.07, 6.45) is 6.51. The molecule has 1 N–H and O–H groups in total. The topological polar surface area (TPSA) is 50.3 Å². The molecule has 5 nitrogen and oxygen atoms in total. The molecule has 1 aliphatic rings. The summed E-state index contributed by atoms with van der Waals surface area (Å²) < 4.78 is 5.54. The number of anilines is 2. The van der Waals surface area contributed by atoms with Gasteiger partial charge in [0, 0.05) is 19.1 Å². The fourth-order valence-electron chi connectivity index (χ4n) is 2.23. The fourth-order valence-corrected chi connectivity index (χ4v) is 2.23. The Bertz CT molecular complexity index is 406. The highest BCUT2D eigenvalue weighted by Gasteiger charge is 2.32. The van der Waals surface area contributed by atoms with E-state index < -0.39 is 0 Å². The van der Waals surface area contributed by atoms with E-state index >= 15 is 0 Å². The maximum Gasteiger partial charge on any atom is 0.204 e. The van der Waals surface area contributed by atoms with Gasteiger partial charge >= 0.3 is 0 Å². The molecule has 106 valence electrons. The van der Waals surface area contributed by atoms with Crippen molar-refractivity contribution in [2.75, 3.05) is 30.4 Å². The highest BCUT2D eigenvalue weighted by atomic mass is 16.5. The molecular formula is C14H24N4O. The third kappa shape index (κ3) is 3.28. The van der Waals surface area contributed by atoms with Crippen LogP contribution in [0.15, 0.2) is 6.33 Å². The predicted molar refractivity (Wildman–Crippen MR) is 78.0 cm³/mol. The third-order valence-electron chi connectivity index (χ3n) is 3.35. The standard InChI is InChI=1S/C14H24N4O/c1-4-6-9-18(11-7-8-11)14-12(19-3)13(15-5-2)16-10-17-14/h10-11H,4-9H2,1-3H3,(H,15,16,17). The van der Waals surface area contributed by atoms with E-state index in [1.807, 2.05) is 0 Å². The van der Waals surface area contributed by atoms with E-state index in [1.54, 1.807) is 13.4 Å². The molecule has 0 saturated heterocycles. The summed E-state index contributed by atoms with van der Waals surface area (Å²) in [7, 11) is 1.69. The molecule has 0 bridgehead atoms. The second-order valence-electron chi connectivity index (χ2n) is 4.89. The molecule has 0 spiro atoms. The van der Waals surface area contributed by atoms with Crippen molar-refractivity contribution in [2.45, 2.75) is 45.6 Å². The van der Waals surface area contributed by atoms with Crippen molar-refractivity contribution in [1.82, 2.24) is 9.97 Å². The minimum atomic E-state index is 0.629. The molecule has 1 fully saturated rings. The number of hydrogen-bond acceptors (Lipinski definition) is 5. The Morgan fingerprint density at radius 3 is 2.74 bits per heavy atom. The van der Waals surface area contributed by atoms with Crippen molar-refractivity contribution < 1.29 is 4.74 Å². The third-order valence-corrected chi connectivity index (χ3v) is 3.35. The van der Waals surface area contributed by atoms with Gasteiger partial charge in [0.15, 0.2) is 11.6 Å². The number of rotatable bonds is 8. The van der Waals surface area contributed by atoms with Gasteiger partial charge in [-0.25, -0.2) is 9.97 Å².